The maximum atomic E-state index is 5.74. The Morgan fingerprint density at radius 3 is 2.72 bits per heavy atom. The summed E-state index contributed by atoms with van der Waals surface area (Å²) in [5.41, 5.74) is 4.09. The third-order valence-electron chi connectivity index (χ3n) is 5.43. The smallest absolute Gasteiger partial charge is 0.209 e. The second kappa shape index (κ2) is 9.54. The molecule has 1 fully saturated rings. The summed E-state index contributed by atoms with van der Waals surface area (Å²) in [4.78, 5) is 0. The fourth-order valence-corrected chi connectivity index (χ4v) is 4.61. The summed E-state index contributed by atoms with van der Waals surface area (Å²) >= 11 is 1.61. The minimum absolute atomic E-state index is 0.188. The zero-order valence-electron chi connectivity index (χ0n) is 17.8. The standard InChI is InChI=1S/C23H24N6O2S/c1-30-20-11-9-17(10-12-20)22-18(14-28(25-22)19-6-3-2-4-7-19)16-32-23-24-26-27-29(23)15-21-8-5-13-31-21/h2-4,6-7,9-12,14,21H,5,8,13,15-16H2,1H3/t21-/m0/s1. The largest absolute Gasteiger partial charge is 0.497 e. The molecular weight excluding hydrogens is 424 g/mol. The lowest BCUT2D eigenvalue weighted by Crippen LogP contribution is -2.16. The highest BCUT2D eigenvalue weighted by molar-refractivity contribution is 7.98. The molecule has 2 aromatic carbocycles. The number of rotatable bonds is 8. The van der Waals surface area contributed by atoms with Crippen LogP contribution in [0.2, 0.25) is 0 Å². The van der Waals surface area contributed by atoms with E-state index in [9.17, 15) is 0 Å². The van der Waals surface area contributed by atoms with Crippen LogP contribution < -0.4 is 4.74 Å². The first-order chi connectivity index (χ1) is 15.8. The Hall–Kier alpha value is -3.17. The number of thioether (sulfide) groups is 1. The predicted octanol–water partition coefficient (Wildman–Crippen LogP) is 4.01. The molecule has 0 spiro atoms. The molecule has 3 heterocycles. The van der Waals surface area contributed by atoms with Crippen molar-refractivity contribution in [2.24, 2.45) is 0 Å². The number of methoxy groups -OCH3 is 1. The lowest BCUT2D eigenvalue weighted by Gasteiger charge is -2.10. The maximum Gasteiger partial charge on any atom is 0.209 e. The van der Waals surface area contributed by atoms with Gasteiger partial charge in [-0.05, 0) is 59.7 Å². The van der Waals surface area contributed by atoms with Gasteiger partial charge in [-0.15, -0.1) is 5.10 Å². The van der Waals surface area contributed by atoms with Crippen LogP contribution in [-0.4, -0.2) is 49.8 Å². The van der Waals surface area contributed by atoms with Crippen molar-refractivity contribution in [1.82, 2.24) is 30.0 Å². The fourth-order valence-electron chi connectivity index (χ4n) is 3.76. The molecule has 0 radical (unpaired) electrons. The molecule has 1 saturated heterocycles. The van der Waals surface area contributed by atoms with Crippen molar-refractivity contribution in [3.8, 4) is 22.7 Å². The summed E-state index contributed by atoms with van der Waals surface area (Å²) in [5.74, 6) is 1.51. The summed E-state index contributed by atoms with van der Waals surface area (Å²) < 4.78 is 14.8. The molecule has 9 heteroatoms. The first kappa shape index (κ1) is 20.7. The van der Waals surface area contributed by atoms with Gasteiger partial charge in [-0.2, -0.15) is 5.10 Å². The zero-order valence-corrected chi connectivity index (χ0v) is 18.6. The Morgan fingerprint density at radius 1 is 1.12 bits per heavy atom. The molecule has 4 aromatic rings. The van der Waals surface area contributed by atoms with Gasteiger partial charge >= 0.3 is 0 Å². The summed E-state index contributed by atoms with van der Waals surface area (Å²) in [5, 5.41) is 18.0. The predicted molar refractivity (Wildman–Crippen MR) is 122 cm³/mol. The monoisotopic (exact) mass is 448 g/mol. The molecule has 32 heavy (non-hydrogen) atoms. The minimum atomic E-state index is 0.188. The van der Waals surface area contributed by atoms with Crippen LogP contribution in [0.25, 0.3) is 16.9 Å². The van der Waals surface area contributed by atoms with Gasteiger partial charge in [-0.25, -0.2) is 9.36 Å². The quantitative estimate of drug-likeness (QED) is 0.377. The molecule has 164 valence electrons. The molecule has 8 nitrogen and oxygen atoms in total. The molecule has 0 saturated carbocycles. The molecule has 0 bridgehead atoms. The highest BCUT2D eigenvalue weighted by atomic mass is 32.2. The zero-order chi connectivity index (χ0) is 21.8. The number of hydrogen-bond acceptors (Lipinski definition) is 7. The number of nitrogens with zero attached hydrogens (tertiary/aromatic N) is 6. The van der Waals surface area contributed by atoms with E-state index in [-0.39, 0.29) is 6.10 Å². The number of benzene rings is 2. The highest BCUT2D eigenvalue weighted by Crippen LogP contribution is 2.30. The SMILES string of the molecule is COc1ccc(-c2nn(-c3ccccc3)cc2CSc2nnnn2C[C@@H]2CCCO2)cc1. The van der Waals surface area contributed by atoms with Crippen molar-refractivity contribution in [3.05, 3.63) is 66.4 Å². The first-order valence-electron chi connectivity index (χ1n) is 10.6. The molecule has 2 aromatic heterocycles. The lowest BCUT2D eigenvalue weighted by atomic mass is 10.1. The van der Waals surface area contributed by atoms with E-state index in [1.165, 1.54) is 0 Å². The van der Waals surface area contributed by atoms with Crippen LogP contribution in [0.1, 0.15) is 18.4 Å². The van der Waals surface area contributed by atoms with E-state index in [0.717, 1.165) is 52.9 Å². The van der Waals surface area contributed by atoms with Crippen molar-refractivity contribution in [2.45, 2.75) is 36.4 Å². The van der Waals surface area contributed by atoms with Crippen molar-refractivity contribution < 1.29 is 9.47 Å². The van der Waals surface area contributed by atoms with Crippen LogP contribution >= 0.6 is 11.8 Å². The van der Waals surface area contributed by atoms with Crippen molar-refractivity contribution >= 4 is 11.8 Å². The van der Waals surface area contributed by atoms with Crippen LogP contribution in [0.4, 0.5) is 0 Å². The van der Waals surface area contributed by atoms with Gasteiger partial charge in [0.05, 0.1) is 31.1 Å². The molecular formula is C23H24N6O2S. The van der Waals surface area contributed by atoms with Crippen molar-refractivity contribution in [3.63, 3.8) is 0 Å². The van der Waals surface area contributed by atoms with Gasteiger partial charge in [-0.3, -0.25) is 0 Å². The van der Waals surface area contributed by atoms with E-state index < -0.39 is 0 Å². The average molecular weight is 449 g/mol. The highest BCUT2D eigenvalue weighted by Gasteiger charge is 2.20. The van der Waals surface area contributed by atoms with Crippen LogP contribution in [0.5, 0.6) is 5.75 Å². The number of tetrazole rings is 1. The maximum absolute atomic E-state index is 5.74. The Morgan fingerprint density at radius 2 is 1.97 bits per heavy atom. The van der Waals surface area contributed by atoms with E-state index in [1.807, 2.05) is 64.0 Å². The second-order valence-electron chi connectivity index (χ2n) is 7.58. The Balaban J connectivity index is 1.41. The number of hydrogen-bond donors (Lipinski definition) is 0. The van der Waals surface area contributed by atoms with E-state index in [4.69, 9.17) is 14.6 Å². The van der Waals surface area contributed by atoms with E-state index >= 15 is 0 Å². The number of ether oxygens (including phenoxy) is 2. The second-order valence-corrected chi connectivity index (χ2v) is 8.52. The molecule has 0 aliphatic carbocycles. The molecule has 1 atom stereocenters. The summed E-state index contributed by atoms with van der Waals surface area (Å²) in [6.07, 6.45) is 4.42. The fraction of sp³-hybridized carbons (Fsp3) is 0.304. The Bertz CT molecular complexity index is 1150. The summed E-state index contributed by atoms with van der Waals surface area (Å²) in [6, 6.07) is 18.1. The summed E-state index contributed by atoms with van der Waals surface area (Å²) in [6.45, 7) is 1.50. The van der Waals surface area contributed by atoms with Crippen molar-refractivity contribution in [2.75, 3.05) is 13.7 Å². The minimum Gasteiger partial charge on any atom is -0.497 e. The average Bonchev–Trinajstić information content (AvgIpc) is 3.60. The molecule has 5 rings (SSSR count). The van der Waals surface area contributed by atoms with Gasteiger partial charge in [0, 0.05) is 29.7 Å². The number of aromatic nitrogens is 6. The van der Waals surface area contributed by atoms with Gasteiger partial charge in [0.15, 0.2) is 0 Å². The third kappa shape index (κ3) is 4.53. The molecule has 0 N–H and O–H groups in total. The first-order valence-corrected chi connectivity index (χ1v) is 11.6. The van der Waals surface area contributed by atoms with E-state index in [0.29, 0.717) is 12.3 Å². The van der Waals surface area contributed by atoms with Crippen LogP contribution in [0, 0.1) is 0 Å². The van der Waals surface area contributed by atoms with Crippen LogP contribution in [-0.2, 0) is 17.0 Å². The van der Waals surface area contributed by atoms with Gasteiger partial charge < -0.3 is 9.47 Å². The Labute approximate surface area is 190 Å². The third-order valence-corrected chi connectivity index (χ3v) is 6.44. The van der Waals surface area contributed by atoms with Gasteiger partial charge in [0.1, 0.15) is 5.75 Å². The van der Waals surface area contributed by atoms with Gasteiger partial charge in [-0.1, -0.05) is 30.0 Å². The van der Waals surface area contributed by atoms with Gasteiger partial charge in [0.25, 0.3) is 0 Å². The van der Waals surface area contributed by atoms with Gasteiger partial charge in [0.2, 0.25) is 5.16 Å². The lowest BCUT2D eigenvalue weighted by molar-refractivity contribution is 0.0912. The normalized spacial score (nSPS) is 15.8. The molecule has 0 unspecified atom stereocenters. The molecule has 1 aliphatic rings. The summed E-state index contributed by atoms with van der Waals surface area (Å²) in [7, 11) is 1.67. The Kier molecular flexibility index (Phi) is 6.17. The van der Waals surface area contributed by atoms with E-state index in [1.54, 1.807) is 18.9 Å². The van der Waals surface area contributed by atoms with Crippen LogP contribution in [0.15, 0.2) is 66.0 Å². The molecule has 0 amide bonds. The number of para-hydroxylation sites is 1. The topological polar surface area (TPSA) is 79.9 Å². The van der Waals surface area contributed by atoms with E-state index in [2.05, 4.69) is 21.7 Å². The van der Waals surface area contributed by atoms with Crippen LogP contribution in [0.3, 0.4) is 0 Å². The molecule has 1 aliphatic heterocycles. The van der Waals surface area contributed by atoms with Crippen molar-refractivity contribution in [1.29, 1.82) is 0 Å².